The van der Waals surface area contributed by atoms with E-state index in [1.165, 1.54) is 63.3 Å². The van der Waals surface area contributed by atoms with Crippen LogP contribution in [0.3, 0.4) is 0 Å². The first kappa shape index (κ1) is 16.6. The van der Waals surface area contributed by atoms with Crippen LogP contribution < -0.4 is 0 Å². The maximum atomic E-state index is 10.8. The van der Waals surface area contributed by atoms with E-state index in [4.69, 9.17) is 5.11 Å². The van der Waals surface area contributed by atoms with Gasteiger partial charge in [-0.05, 0) is 38.1 Å². The minimum atomic E-state index is -0.807. The molecule has 0 spiro atoms. The lowest BCUT2D eigenvalue weighted by Crippen LogP contribution is -2.46. The summed E-state index contributed by atoms with van der Waals surface area (Å²) in [5.41, 5.74) is 0. The standard InChI is InChI=1S/C16H31N3O2/c1-17-9-11-19(12-10-17)13-15-5-3-14(4-6-15)7-8-18(2)16(20)21/h14-15H,3-13H2,1-2H3,(H,20,21). The average Bonchev–Trinajstić information content (AvgIpc) is 2.48. The van der Waals surface area contributed by atoms with Crippen LogP contribution >= 0.6 is 0 Å². The number of carboxylic acid groups (broad SMARTS) is 1. The van der Waals surface area contributed by atoms with E-state index in [9.17, 15) is 4.79 Å². The summed E-state index contributed by atoms with van der Waals surface area (Å²) in [6.45, 7) is 6.81. The van der Waals surface area contributed by atoms with E-state index in [1.807, 2.05) is 0 Å². The summed E-state index contributed by atoms with van der Waals surface area (Å²) in [5.74, 6) is 1.59. The molecule has 1 saturated heterocycles. The van der Waals surface area contributed by atoms with Crippen LogP contribution in [-0.2, 0) is 0 Å². The summed E-state index contributed by atoms with van der Waals surface area (Å²) in [6.07, 6.45) is 5.45. The number of nitrogens with zero attached hydrogens (tertiary/aromatic N) is 3. The number of amides is 1. The van der Waals surface area contributed by atoms with Crippen molar-refractivity contribution in [2.45, 2.75) is 32.1 Å². The van der Waals surface area contributed by atoms with Crippen LogP contribution in [0.25, 0.3) is 0 Å². The number of likely N-dealkylation sites (N-methyl/N-ethyl adjacent to an activating group) is 1. The lowest BCUT2D eigenvalue weighted by molar-refractivity contribution is 0.115. The fourth-order valence-corrected chi connectivity index (χ4v) is 3.57. The maximum Gasteiger partial charge on any atom is 0.407 e. The van der Waals surface area contributed by atoms with Crippen molar-refractivity contribution in [1.29, 1.82) is 0 Å². The Morgan fingerprint density at radius 3 is 2.24 bits per heavy atom. The molecule has 122 valence electrons. The van der Waals surface area contributed by atoms with E-state index in [0.717, 1.165) is 18.3 Å². The fraction of sp³-hybridized carbons (Fsp3) is 0.938. The van der Waals surface area contributed by atoms with Crippen LogP contribution in [0, 0.1) is 11.8 Å². The molecule has 1 aliphatic carbocycles. The normalized spacial score (nSPS) is 28.5. The van der Waals surface area contributed by atoms with Gasteiger partial charge in [-0.25, -0.2) is 4.79 Å². The van der Waals surface area contributed by atoms with Crippen molar-refractivity contribution in [1.82, 2.24) is 14.7 Å². The number of hydrogen-bond acceptors (Lipinski definition) is 3. The highest BCUT2D eigenvalue weighted by atomic mass is 16.4. The first-order valence-corrected chi connectivity index (χ1v) is 8.39. The zero-order chi connectivity index (χ0) is 15.2. The minimum absolute atomic E-state index is 0.684. The molecule has 21 heavy (non-hydrogen) atoms. The van der Waals surface area contributed by atoms with Crippen molar-refractivity contribution in [3.8, 4) is 0 Å². The Morgan fingerprint density at radius 2 is 1.67 bits per heavy atom. The molecule has 2 aliphatic rings. The summed E-state index contributed by atoms with van der Waals surface area (Å²) in [7, 11) is 3.87. The third-order valence-electron chi connectivity index (χ3n) is 5.28. The quantitative estimate of drug-likeness (QED) is 0.843. The van der Waals surface area contributed by atoms with Gasteiger partial charge >= 0.3 is 6.09 Å². The van der Waals surface area contributed by atoms with Crippen molar-refractivity contribution < 1.29 is 9.90 Å². The molecule has 1 heterocycles. The first-order valence-electron chi connectivity index (χ1n) is 8.39. The molecule has 0 atom stereocenters. The fourth-order valence-electron chi connectivity index (χ4n) is 3.57. The zero-order valence-electron chi connectivity index (χ0n) is 13.6. The Hall–Kier alpha value is -0.810. The third-order valence-corrected chi connectivity index (χ3v) is 5.28. The molecule has 0 aromatic heterocycles. The molecule has 2 fully saturated rings. The first-order chi connectivity index (χ1) is 10.0. The Balaban J connectivity index is 1.61. The highest BCUT2D eigenvalue weighted by molar-refractivity contribution is 5.64. The molecule has 5 nitrogen and oxygen atoms in total. The Kier molecular flexibility index (Phi) is 6.30. The second kappa shape index (κ2) is 7.99. The van der Waals surface area contributed by atoms with E-state index in [2.05, 4.69) is 16.8 Å². The molecule has 5 heteroatoms. The summed E-state index contributed by atoms with van der Waals surface area (Å²) < 4.78 is 0. The van der Waals surface area contributed by atoms with Gasteiger partial charge in [-0.3, -0.25) is 0 Å². The second-order valence-corrected chi connectivity index (χ2v) is 6.98. The molecule has 1 saturated carbocycles. The van der Waals surface area contributed by atoms with E-state index in [0.29, 0.717) is 6.54 Å². The van der Waals surface area contributed by atoms with Gasteiger partial charge in [0.2, 0.25) is 0 Å². The molecule has 0 aromatic carbocycles. The maximum absolute atomic E-state index is 10.8. The van der Waals surface area contributed by atoms with Gasteiger partial charge in [0.15, 0.2) is 0 Å². The smallest absolute Gasteiger partial charge is 0.407 e. The third kappa shape index (κ3) is 5.47. The van der Waals surface area contributed by atoms with Gasteiger partial charge in [0.25, 0.3) is 0 Å². The number of piperazine rings is 1. The van der Waals surface area contributed by atoms with Crippen LogP contribution in [0.2, 0.25) is 0 Å². The number of hydrogen-bond donors (Lipinski definition) is 1. The van der Waals surface area contributed by atoms with E-state index >= 15 is 0 Å². The van der Waals surface area contributed by atoms with Crippen molar-refractivity contribution in [3.63, 3.8) is 0 Å². The summed E-state index contributed by atoms with van der Waals surface area (Å²) in [4.78, 5) is 17.2. The van der Waals surface area contributed by atoms with Crippen molar-refractivity contribution in [2.24, 2.45) is 11.8 Å². The van der Waals surface area contributed by atoms with Crippen LogP contribution in [0.1, 0.15) is 32.1 Å². The van der Waals surface area contributed by atoms with Gasteiger partial charge in [-0.15, -0.1) is 0 Å². The molecule has 0 bridgehead atoms. The van der Waals surface area contributed by atoms with Gasteiger partial charge < -0.3 is 19.8 Å². The summed E-state index contributed by atoms with van der Waals surface area (Å²) in [6, 6.07) is 0. The second-order valence-electron chi connectivity index (χ2n) is 6.98. The molecule has 0 radical (unpaired) electrons. The van der Waals surface area contributed by atoms with E-state index in [-0.39, 0.29) is 0 Å². The van der Waals surface area contributed by atoms with Crippen LogP contribution in [0.4, 0.5) is 4.79 Å². The predicted molar refractivity (Wildman–Crippen MR) is 84.7 cm³/mol. The van der Waals surface area contributed by atoms with Gasteiger partial charge in [0, 0.05) is 46.3 Å². The SMILES string of the molecule is CN1CCN(CC2CCC(CCN(C)C(=O)O)CC2)CC1. The lowest BCUT2D eigenvalue weighted by atomic mass is 9.80. The van der Waals surface area contributed by atoms with E-state index in [1.54, 1.807) is 7.05 Å². The monoisotopic (exact) mass is 297 g/mol. The summed E-state index contributed by atoms with van der Waals surface area (Å²) in [5, 5.41) is 8.87. The van der Waals surface area contributed by atoms with Crippen LogP contribution in [0.5, 0.6) is 0 Å². The van der Waals surface area contributed by atoms with Crippen LogP contribution in [0.15, 0.2) is 0 Å². The van der Waals surface area contributed by atoms with Gasteiger partial charge in [-0.2, -0.15) is 0 Å². The van der Waals surface area contributed by atoms with Crippen LogP contribution in [-0.4, -0.2) is 79.3 Å². The van der Waals surface area contributed by atoms with E-state index < -0.39 is 6.09 Å². The van der Waals surface area contributed by atoms with Gasteiger partial charge in [0.05, 0.1) is 0 Å². The van der Waals surface area contributed by atoms with Crippen molar-refractivity contribution >= 4 is 6.09 Å². The van der Waals surface area contributed by atoms with Gasteiger partial charge in [-0.1, -0.05) is 12.8 Å². The molecule has 1 N–H and O–H groups in total. The molecule has 0 aromatic rings. The topological polar surface area (TPSA) is 47.0 Å². The Labute approximate surface area is 128 Å². The average molecular weight is 297 g/mol. The highest BCUT2D eigenvalue weighted by Gasteiger charge is 2.24. The van der Waals surface area contributed by atoms with Crippen molar-refractivity contribution in [2.75, 3.05) is 53.4 Å². The molecular formula is C16H31N3O2. The molecule has 1 amide bonds. The molecule has 2 rings (SSSR count). The largest absolute Gasteiger partial charge is 0.465 e. The van der Waals surface area contributed by atoms with Gasteiger partial charge in [0.1, 0.15) is 0 Å². The molecule has 0 unspecified atom stereocenters. The van der Waals surface area contributed by atoms with Crippen molar-refractivity contribution in [3.05, 3.63) is 0 Å². The predicted octanol–water partition coefficient (Wildman–Crippen LogP) is 2.04. The zero-order valence-corrected chi connectivity index (χ0v) is 13.6. The number of rotatable bonds is 5. The number of carbonyl (C=O) groups is 1. The molecular weight excluding hydrogens is 266 g/mol. The lowest BCUT2D eigenvalue weighted by Gasteiger charge is -2.37. The highest BCUT2D eigenvalue weighted by Crippen LogP contribution is 2.31. The summed E-state index contributed by atoms with van der Waals surface area (Å²) >= 11 is 0. The Morgan fingerprint density at radius 1 is 1.10 bits per heavy atom. The minimum Gasteiger partial charge on any atom is -0.465 e. The molecule has 1 aliphatic heterocycles. The Bertz CT molecular complexity index is 321.